The van der Waals surface area contributed by atoms with Gasteiger partial charge in [0.15, 0.2) is 0 Å². The van der Waals surface area contributed by atoms with E-state index in [0.29, 0.717) is 17.3 Å². The number of rotatable bonds is 6. The number of amides is 2. The normalized spacial score (nSPS) is 16.7. The van der Waals surface area contributed by atoms with E-state index in [2.05, 4.69) is 10.6 Å². The molecule has 1 heterocycles. The zero-order chi connectivity index (χ0) is 13.8. The monoisotopic (exact) mass is 317 g/mol. The van der Waals surface area contributed by atoms with E-state index in [4.69, 9.17) is 5.73 Å². The summed E-state index contributed by atoms with van der Waals surface area (Å²) in [5, 5.41) is 7.42. The maximum absolute atomic E-state index is 12.0. The van der Waals surface area contributed by atoms with Gasteiger partial charge in [-0.2, -0.15) is 0 Å². The maximum atomic E-state index is 12.0. The van der Waals surface area contributed by atoms with Gasteiger partial charge >= 0.3 is 0 Å². The van der Waals surface area contributed by atoms with Crippen molar-refractivity contribution in [3.8, 4) is 0 Å². The van der Waals surface area contributed by atoms with E-state index in [9.17, 15) is 9.59 Å². The van der Waals surface area contributed by atoms with E-state index in [1.807, 2.05) is 11.4 Å². The number of nitrogens with one attached hydrogen (secondary N) is 2. The van der Waals surface area contributed by atoms with Crippen LogP contribution < -0.4 is 16.4 Å². The highest BCUT2D eigenvalue weighted by Crippen LogP contribution is 2.32. The molecule has 1 aromatic rings. The van der Waals surface area contributed by atoms with Crippen LogP contribution >= 0.6 is 23.7 Å². The van der Waals surface area contributed by atoms with E-state index in [1.54, 1.807) is 13.0 Å². The van der Waals surface area contributed by atoms with Gasteiger partial charge in [0.25, 0.3) is 5.91 Å². The van der Waals surface area contributed by atoms with Crippen molar-refractivity contribution in [1.29, 1.82) is 0 Å². The van der Waals surface area contributed by atoms with Crippen LogP contribution in [0.3, 0.4) is 0 Å². The Morgan fingerprint density at radius 1 is 1.45 bits per heavy atom. The number of carbonyl (C=O) groups is 2. The van der Waals surface area contributed by atoms with Crippen LogP contribution in [0.5, 0.6) is 0 Å². The Morgan fingerprint density at radius 2 is 2.15 bits per heavy atom. The minimum absolute atomic E-state index is 0. The maximum Gasteiger partial charge on any atom is 0.261 e. The molecular weight excluding hydrogens is 298 g/mol. The third kappa shape index (κ3) is 4.47. The highest BCUT2D eigenvalue weighted by atomic mass is 35.5. The topological polar surface area (TPSA) is 84.2 Å². The van der Waals surface area contributed by atoms with Crippen molar-refractivity contribution < 1.29 is 9.59 Å². The number of hydrogen-bond acceptors (Lipinski definition) is 4. The summed E-state index contributed by atoms with van der Waals surface area (Å²) < 4.78 is 0. The molecule has 0 spiro atoms. The average molecular weight is 318 g/mol. The van der Waals surface area contributed by atoms with Crippen LogP contribution in [0.25, 0.3) is 0 Å². The quantitative estimate of drug-likeness (QED) is 0.735. The number of carbonyl (C=O) groups excluding carboxylic acids is 2. The molecule has 2 amide bonds. The second kappa shape index (κ2) is 7.61. The lowest BCUT2D eigenvalue weighted by atomic mass is 10.1. The van der Waals surface area contributed by atoms with Gasteiger partial charge in [-0.1, -0.05) is 6.07 Å². The average Bonchev–Trinajstić information content (AvgIpc) is 3.08. The Morgan fingerprint density at radius 3 is 2.65 bits per heavy atom. The van der Waals surface area contributed by atoms with Crippen LogP contribution in [0.4, 0.5) is 0 Å². The molecule has 4 N–H and O–H groups in total. The molecule has 2 atom stereocenters. The number of halogens is 1. The zero-order valence-electron chi connectivity index (χ0n) is 11.3. The fourth-order valence-corrected chi connectivity index (χ4v) is 2.54. The number of nitrogens with two attached hydrogens (primary N) is 1. The van der Waals surface area contributed by atoms with Crippen LogP contribution in [-0.2, 0) is 4.79 Å². The van der Waals surface area contributed by atoms with Crippen molar-refractivity contribution in [3.63, 3.8) is 0 Å². The molecule has 2 rings (SSSR count). The van der Waals surface area contributed by atoms with Crippen molar-refractivity contribution in [1.82, 2.24) is 10.6 Å². The third-order valence-corrected chi connectivity index (χ3v) is 4.13. The molecule has 0 saturated heterocycles. The summed E-state index contributed by atoms with van der Waals surface area (Å²) in [4.78, 5) is 24.4. The van der Waals surface area contributed by atoms with E-state index in [0.717, 1.165) is 12.8 Å². The minimum Gasteiger partial charge on any atom is -0.350 e. The number of thiophene rings is 1. The van der Waals surface area contributed by atoms with Gasteiger partial charge in [-0.05, 0) is 37.1 Å². The first kappa shape index (κ1) is 16.9. The van der Waals surface area contributed by atoms with Crippen molar-refractivity contribution in [2.24, 2.45) is 11.7 Å². The van der Waals surface area contributed by atoms with Crippen LogP contribution in [0.2, 0.25) is 0 Å². The van der Waals surface area contributed by atoms with Crippen LogP contribution in [0, 0.1) is 5.92 Å². The van der Waals surface area contributed by atoms with Gasteiger partial charge in [0.05, 0.1) is 4.88 Å². The molecule has 1 fully saturated rings. The largest absolute Gasteiger partial charge is 0.350 e. The molecule has 0 aromatic carbocycles. The van der Waals surface area contributed by atoms with Gasteiger partial charge in [0.1, 0.15) is 6.04 Å². The first-order valence-corrected chi connectivity index (χ1v) is 7.34. The molecule has 1 aliphatic carbocycles. The molecule has 0 aliphatic heterocycles. The fraction of sp³-hybridized carbons (Fsp3) is 0.538. The predicted molar refractivity (Wildman–Crippen MR) is 82.2 cm³/mol. The van der Waals surface area contributed by atoms with E-state index >= 15 is 0 Å². The lowest BCUT2D eigenvalue weighted by molar-refractivity contribution is -0.123. The summed E-state index contributed by atoms with van der Waals surface area (Å²) in [6.45, 7) is 2.13. The predicted octanol–water partition coefficient (Wildman–Crippen LogP) is 1.14. The van der Waals surface area contributed by atoms with Crippen molar-refractivity contribution in [2.45, 2.75) is 31.8 Å². The van der Waals surface area contributed by atoms with E-state index in [-0.39, 0.29) is 30.3 Å². The first-order chi connectivity index (χ1) is 9.11. The van der Waals surface area contributed by atoms with E-state index < -0.39 is 6.04 Å². The highest BCUT2D eigenvalue weighted by Gasteiger charge is 2.32. The van der Waals surface area contributed by atoms with E-state index in [1.165, 1.54) is 11.3 Å². The van der Waals surface area contributed by atoms with Gasteiger partial charge in [-0.25, -0.2) is 0 Å². The Labute approximate surface area is 128 Å². The third-order valence-electron chi connectivity index (χ3n) is 3.26. The second-order valence-corrected chi connectivity index (χ2v) is 5.81. The Kier molecular flexibility index (Phi) is 6.45. The smallest absolute Gasteiger partial charge is 0.261 e. The van der Waals surface area contributed by atoms with Crippen LogP contribution in [-0.4, -0.2) is 30.4 Å². The molecule has 7 heteroatoms. The summed E-state index contributed by atoms with van der Waals surface area (Å²) >= 11 is 1.35. The van der Waals surface area contributed by atoms with Gasteiger partial charge in [-0.3, -0.25) is 9.59 Å². The molecule has 0 radical (unpaired) electrons. The molecule has 20 heavy (non-hydrogen) atoms. The highest BCUT2D eigenvalue weighted by molar-refractivity contribution is 7.12. The molecule has 1 aliphatic rings. The molecule has 0 bridgehead atoms. The molecular formula is C13H20ClN3O2S. The molecule has 112 valence electrons. The second-order valence-electron chi connectivity index (χ2n) is 4.86. The minimum atomic E-state index is -0.553. The summed E-state index contributed by atoms with van der Waals surface area (Å²) in [7, 11) is 0. The van der Waals surface area contributed by atoms with Gasteiger partial charge in [0, 0.05) is 12.6 Å². The van der Waals surface area contributed by atoms with Gasteiger partial charge in [-0.15, -0.1) is 23.7 Å². The summed E-state index contributed by atoms with van der Waals surface area (Å²) in [6, 6.07) is 3.02. The Balaban J connectivity index is 0.00000200. The Hall–Kier alpha value is -1.11. The molecule has 5 nitrogen and oxygen atoms in total. The van der Waals surface area contributed by atoms with Gasteiger partial charge in [0.2, 0.25) is 5.91 Å². The molecule has 2 unspecified atom stereocenters. The molecule has 1 aromatic heterocycles. The van der Waals surface area contributed by atoms with Crippen LogP contribution in [0.1, 0.15) is 29.4 Å². The Bertz CT molecular complexity index is 448. The zero-order valence-corrected chi connectivity index (χ0v) is 12.9. The van der Waals surface area contributed by atoms with Crippen molar-refractivity contribution in [2.75, 3.05) is 6.54 Å². The molecule has 1 saturated carbocycles. The first-order valence-electron chi connectivity index (χ1n) is 6.46. The summed E-state index contributed by atoms with van der Waals surface area (Å²) in [5.41, 5.74) is 5.64. The lowest BCUT2D eigenvalue weighted by Gasteiger charge is -2.19. The summed E-state index contributed by atoms with van der Waals surface area (Å²) in [5.74, 6) is 0.120. The summed E-state index contributed by atoms with van der Waals surface area (Å²) in [6.07, 6.45) is 2.25. The standard InChI is InChI=1S/C13H19N3O2S.ClH/c1-8(15-13(18)11-3-2-6-19-11)12(17)16-10(7-14)9-4-5-9;/h2-3,6,8-10H,4-5,7,14H2,1H3,(H,15,18)(H,16,17);1H. The number of hydrogen-bond donors (Lipinski definition) is 3. The lowest BCUT2D eigenvalue weighted by Crippen LogP contribution is -2.50. The fourth-order valence-electron chi connectivity index (χ4n) is 1.92. The van der Waals surface area contributed by atoms with Crippen LogP contribution in [0.15, 0.2) is 17.5 Å². The SMILES string of the molecule is CC(NC(=O)c1cccs1)C(=O)NC(CN)C1CC1.Cl. The van der Waals surface area contributed by atoms with Crippen molar-refractivity contribution in [3.05, 3.63) is 22.4 Å². The van der Waals surface area contributed by atoms with Crippen molar-refractivity contribution >= 4 is 35.6 Å². The van der Waals surface area contributed by atoms with Gasteiger partial charge < -0.3 is 16.4 Å².